The van der Waals surface area contributed by atoms with Crippen molar-refractivity contribution in [2.75, 3.05) is 0 Å². The van der Waals surface area contributed by atoms with Gasteiger partial charge in [-0.1, -0.05) is 29.8 Å². The molecule has 3 aromatic rings. The van der Waals surface area contributed by atoms with Gasteiger partial charge in [0.2, 0.25) is 11.6 Å². The molecule has 0 fully saturated rings. The molecule has 98 valence electrons. The number of rotatable bonds is 3. The van der Waals surface area contributed by atoms with Crippen molar-refractivity contribution in [3.63, 3.8) is 0 Å². The van der Waals surface area contributed by atoms with Crippen molar-refractivity contribution in [2.45, 2.75) is 0 Å². The molecule has 0 aliphatic heterocycles. The van der Waals surface area contributed by atoms with Crippen molar-refractivity contribution in [3.8, 4) is 5.69 Å². The van der Waals surface area contributed by atoms with Crippen LogP contribution in [-0.2, 0) is 0 Å². The molecule has 0 aliphatic carbocycles. The van der Waals surface area contributed by atoms with E-state index in [0.29, 0.717) is 10.6 Å². The number of hydrogen-bond donors (Lipinski definition) is 0. The number of ketones is 1. The van der Waals surface area contributed by atoms with E-state index < -0.39 is 0 Å². The van der Waals surface area contributed by atoms with Gasteiger partial charge in [0.05, 0.1) is 5.69 Å². The highest BCUT2D eigenvalue weighted by atomic mass is 35.5. The van der Waals surface area contributed by atoms with Crippen LogP contribution in [0.3, 0.4) is 0 Å². The van der Waals surface area contributed by atoms with Gasteiger partial charge in [-0.05, 0) is 46.8 Å². The average Bonchev–Trinajstić information content (AvgIpc) is 2.97. The molecule has 3 rings (SSSR count). The predicted octanol–water partition coefficient (Wildman–Crippen LogP) is 2.55. The fourth-order valence-corrected chi connectivity index (χ4v) is 1.93. The summed E-state index contributed by atoms with van der Waals surface area (Å²) in [5, 5.41) is 11.8. The summed E-state index contributed by atoms with van der Waals surface area (Å²) in [6, 6.07) is 15.9. The summed E-state index contributed by atoms with van der Waals surface area (Å²) in [6.07, 6.45) is 0. The smallest absolute Gasteiger partial charge is 0.232 e. The maximum absolute atomic E-state index is 12.4. The van der Waals surface area contributed by atoms with Gasteiger partial charge < -0.3 is 0 Å². The van der Waals surface area contributed by atoms with Gasteiger partial charge in [-0.3, -0.25) is 4.79 Å². The molecule has 0 amide bonds. The Labute approximate surface area is 119 Å². The Morgan fingerprint density at radius 2 is 1.70 bits per heavy atom. The Morgan fingerprint density at radius 1 is 1.00 bits per heavy atom. The van der Waals surface area contributed by atoms with E-state index in [1.54, 1.807) is 24.3 Å². The zero-order chi connectivity index (χ0) is 13.9. The van der Waals surface area contributed by atoms with Crippen LogP contribution in [0.2, 0.25) is 5.02 Å². The standard InChI is InChI=1S/C14H9ClN4O/c15-11-8-6-10(7-9-11)13(20)14-16-17-18-19(14)12-4-2-1-3-5-12/h1-9H. The second kappa shape index (κ2) is 5.22. The monoisotopic (exact) mass is 284 g/mol. The average molecular weight is 285 g/mol. The second-order valence-electron chi connectivity index (χ2n) is 4.09. The molecule has 0 saturated carbocycles. The largest absolute Gasteiger partial charge is 0.285 e. The van der Waals surface area contributed by atoms with E-state index in [1.807, 2.05) is 30.3 Å². The molecule has 5 nitrogen and oxygen atoms in total. The van der Waals surface area contributed by atoms with Crippen LogP contribution in [0.1, 0.15) is 16.2 Å². The van der Waals surface area contributed by atoms with Gasteiger partial charge in [0.15, 0.2) is 0 Å². The topological polar surface area (TPSA) is 60.7 Å². The molecule has 0 spiro atoms. The summed E-state index contributed by atoms with van der Waals surface area (Å²) in [4.78, 5) is 12.4. The van der Waals surface area contributed by atoms with Crippen molar-refractivity contribution in [1.29, 1.82) is 0 Å². The first-order valence-electron chi connectivity index (χ1n) is 5.90. The molecule has 6 heteroatoms. The Balaban J connectivity index is 2.02. The van der Waals surface area contributed by atoms with Crippen molar-refractivity contribution in [3.05, 3.63) is 71.0 Å². The van der Waals surface area contributed by atoms with Gasteiger partial charge in [-0.15, -0.1) is 5.10 Å². The Kier molecular flexibility index (Phi) is 3.26. The number of carbonyl (C=O) groups is 1. The normalized spacial score (nSPS) is 10.4. The molecule has 2 aromatic carbocycles. The summed E-state index contributed by atoms with van der Waals surface area (Å²) in [6.45, 7) is 0. The summed E-state index contributed by atoms with van der Waals surface area (Å²) in [7, 11) is 0. The molecule has 0 bridgehead atoms. The fourth-order valence-electron chi connectivity index (χ4n) is 1.80. The first kappa shape index (κ1) is 12.5. The minimum Gasteiger partial charge on any atom is -0.285 e. The second-order valence-corrected chi connectivity index (χ2v) is 4.52. The minimum atomic E-state index is -0.254. The van der Waals surface area contributed by atoms with Crippen LogP contribution in [0.5, 0.6) is 0 Å². The van der Waals surface area contributed by atoms with E-state index in [0.717, 1.165) is 5.69 Å². The lowest BCUT2D eigenvalue weighted by molar-refractivity contribution is 0.102. The van der Waals surface area contributed by atoms with Gasteiger partial charge >= 0.3 is 0 Å². The van der Waals surface area contributed by atoms with Crippen molar-refractivity contribution < 1.29 is 4.79 Å². The number of hydrogen-bond acceptors (Lipinski definition) is 4. The van der Waals surface area contributed by atoms with Crippen LogP contribution in [0.15, 0.2) is 54.6 Å². The quantitative estimate of drug-likeness (QED) is 0.694. The van der Waals surface area contributed by atoms with Gasteiger partial charge in [0.1, 0.15) is 0 Å². The van der Waals surface area contributed by atoms with E-state index in [-0.39, 0.29) is 11.6 Å². The number of carbonyl (C=O) groups excluding carboxylic acids is 1. The fraction of sp³-hybridized carbons (Fsp3) is 0. The lowest BCUT2D eigenvalue weighted by Crippen LogP contribution is -2.11. The zero-order valence-electron chi connectivity index (χ0n) is 10.3. The summed E-state index contributed by atoms with van der Waals surface area (Å²) < 4.78 is 1.41. The highest BCUT2D eigenvalue weighted by Gasteiger charge is 2.18. The van der Waals surface area contributed by atoms with E-state index in [9.17, 15) is 4.79 Å². The van der Waals surface area contributed by atoms with E-state index in [2.05, 4.69) is 15.5 Å². The van der Waals surface area contributed by atoms with E-state index >= 15 is 0 Å². The predicted molar refractivity (Wildman–Crippen MR) is 74.0 cm³/mol. The van der Waals surface area contributed by atoms with E-state index in [1.165, 1.54) is 4.68 Å². The minimum absolute atomic E-state index is 0.165. The lowest BCUT2D eigenvalue weighted by atomic mass is 10.1. The first-order chi connectivity index (χ1) is 9.75. The first-order valence-corrected chi connectivity index (χ1v) is 6.27. The molecular formula is C14H9ClN4O. The van der Waals surface area contributed by atoms with Gasteiger partial charge in [-0.2, -0.15) is 4.68 Å². The van der Waals surface area contributed by atoms with Crippen LogP contribution in [-0.4, -0.2) is 26.0 Å². The molecular weight excluding hydrogens is 276 g/mol. The molecule has 0 aliphatic rings. The summed E-state index contributed by atoms with van der Waals surface area (Å²) in [5.41, 5.74) is 1.22. The number of nitrogens with zero attached hydrogens (tertiary/aromatic N) is 4. The molecule has 0 unspecified atom stereocenters. The van der Waals surface area contributed by atoms with Gasteiger partial charge in [0.25, 0.3) is 0 Å². The van der Waals surface area contributed by atoms with Gasteiger partial charge in [0, 0.05) is 10.6 Å². The molecule has 0 N–H and O–H groups in total. The lowest BCUT2D eigenvalue weighted by Gasteiger charge is -2.03. The molecule has 0 saturated heterocycles. The Hall–Kier alpha value is -2.53. The number of para-hydroxylation sites is 1. The van der Waals surface area contributed by atoms with Crippen LogP contribution in [0.25, 0.3) is 5.69 Å². The van der Waals surface area contributed by atoms with Crippen LogP contribution < -0.4 is 0 Å². The van der Waals surface area contributed by atoms with Crippen LogP contribution >= 0.6 is 11.6 Å². The van der Waals surface area contributed by atoms with Crippen LogP contribution in [0.4, 0.5) is 0 Å². The number of tetrazole rings is 1. The third-order valence-electron chi connectivity index (χ3n) is 2.78. The van der Waals surface area contributed by atoms with Crippen molar-refractivity contribution in [1.82, 2.24) is 20.2 Å². The number of aromatic nitrogens is 4. The SMILES string of the molecule is O=C(c1ccc(Cl)cc1)c1nnnn1-c1ccccc1. The highest BCUT2D eigenvalue weighted by Crippen LogP contribution is 2.14. The maximum Gasteiger partial charge on any atom is 0.232 e. The van der Waals surface area contributed by atoms with Crippen LogP contribution in [0, 0.1) is 0 Å². The molecule has 1 heterocycles. The third kappa shape index (κ3) is 2.31. The summed E-state index contributed by atoms with van der Waals surface area (Å²) in [5.74, 6) is -0.0888. The summed E-state index contributed by atoms with van der Waals surface area (Å²) >= 11 is 5.81. The molecule has 0 atom stereocenters. The Morgan fingerprint density at radius 3 is 2.40 bits per heavy atom. The molecule has 1 aromatic heterocycles. The molecule has 20 heavy (non-hydrogen) atoms. The van der Waals surface area contributed by atoms with Crippen molar-refractivity contribution >= 4 is 17.4 Å². The van der Waals surface area contributed by atoms with E-state index in [4.69, 9.17) is 11.6 Å². The third-order valence-corrected chi connectivity index (χ3v) is 3.03. The molecule has 0 radical (unpaired) electrons. The maximum atomic E-state index is 12.4. The Bertz CT molecular complexity index is 737. The van der Waals surface area contributed by atoms with Crippen molar-refractivity contribution in [2.24, 2.45) is 0 Å². The highest BCUT2D eigenvalue weighted by molar-refractivity contribution is 6.30. The number of benzene rings is 2. The number of halogens is 1. The van der Waals surface area contributed by atoms with Gasteiger partial charge in [-0.25, -0.2) is 0 Å². The zero-order valence-corrected chi connectivity index (χ0v) is 11.0.